The average Bonchev–Trinajstić information content (AvgIpc) is 1.63. The second-order valence-corrected chi connectivity index (χ2v) is 29.1. The summed E-state index contributed by atoms with van der Waals surface area (Å²) in [5, 5.41) is 15.9. The maximum absolute atomic E-state index is 12.6. The number of carbonyl (C=O) groups is 4. The lowest BCUT2D eigenvalue weighted by molar-refractivity contribution is -0.596. The molecule has 11 aromatic rings. The number of pyridine rings is 6. The van der Waals surface area contributed by atoms with Gasteiger partial charge in [-0.15, -0.1) is 13.2 Å². The number of aromatic nitrogens is 6. The van der Waals surface area contributed by atoms with Crippen molar-refractivity contribution >= 4 is 35.4 Å². The Morgan fingerprint density at radius 1 is 0.545 bits per heavy atom. The van der Waals surface area contributed by atoms with E-state index in [9.17, 15) is 19.2 Å². The molecule has 6 atom stereocenters. The van der Waals surface area contributed by atoms with Crippen molar-refractivity contribution in [3.63, 3.8) is 0 Å². The third-order valence-corrected chi connectivity index (χ3v) is 21.2. The summed E-state index contributed by atoms with van der Waals surface area (Å²) < 4.78 is 12.4. The number of nitrogens with one attached hydrogen (secondary N) is 4. The van der Waals surface area contributed by atoms with Gasteiger partial charge in [-0.25, -0.2) is 0 Å². The number of rotatable bonds is 17. The van der Waals surface area contributed by atoms with E-state index >= 15 is 0 Å². The number of aryl methyl sites for hydroxylation is 1. The molecule has 2 fully saturated rings. The molecule has 14 nitrogen and oxygen atoms in total. The highest BCUT2D eigenvalue weighted by atomic mass is 16.2. The van der Waals surface area contributed by atoms with Crippen LogP contribution in [0.5, 0.6) is 0 Å². The molecule has 1 saturated carbocycles. The molecule has 1 aliphatic heterocycles. The Bertz CT molecular complexity index is 4750. The molecule has 580 valence electrons. The van der Waals surface area contributed by atoms with Crippen LogP contribution in [0.1, 0.15) is 135 Å². The van der Waals surface area contributed by atoms with Gasteiger partial charge in [0.1, 0.15) is 0 Å². The first kappa shape index (κ1) is 87.2. The number of fused-ring (bicyclic) bond motifs is 2. The number of hydrogen-bond acceptors (Lipinski definition) is 5. The molecule has 0 bridgehead atoms. The van der Waals surface area contributed by atoms with E-state index in [-0.39, 0.29) is 39.8 Å². The summed E-state index contributed by atoms with van der Waals surface area (Å²) in [6.45, 7) is 26.0. The van der Waals surface area contributed by atoms with Gasteiger partial charge in [-0.05, 0) is 108 Å². The summed E-state index contributed by atoms with van der Waals surface area (Å²) in [5.41, 5.74) is 13.7. The zero-order valence-electron chi connectivity index (χ0n) is 65.2. The van der Waals surface area contributed by atoms with Crippen molar-refractivity contribution in [3.05, 3.63) is 364 Å². The van der Waals surface area contributed by atoms with Crippen molar-refractivity contribution < 1.29 is 48.0 Å². The lowest BCUT2D eigenvalue weighted by Crippen LogP contribution is -2.41. The van der Waals surface area contributed by atoms with Crippen LogP contribution in [0, 0.1) is 59.2 Å². The third kappa shape index (κ3) is 25.3. The Morgan fingerprint density at radius 3 is 1.36 bits per heavy atom. The Hall–Kier alpha value is -12.0. The van der Waals surface area contributed by atoms with E-state index in [1.54, 1.807) is 0 Å². The Kier molecular flexibility index (Phi) is 34.7. The van der Waals surface area contributed by atoms with Crippen molar-refractivity contribution in [3.8, 4) is 28.4 Å². The van der Waals surface area contributed by atoms with Gasteiger partial charge in [-0.3, -0.25) is 19.2 Å². The van der Waals surface area contributed by atoms with Crippen molar-refractivity contribution in [2.45, 2.75) is 122 Å². The average molecular weight is 1500 g/mol. The van der Waals surface area contributed by atoms with E-state index in [0.29, 0.717) is 67.4 Å². The number of Topliss-reactive ketones (excluding diaryl/α,β-unsaturated/α-hetero) is 1. The predicted molar refractivity (Wildman–Crippen MR) is 454 cm³/mol. The molecule has 112 heavy (non-hydrogen) atoms. The van der Waals surface area contributed by atoms with Crippen LogP contribution in [-0.2, 0) is 33.9 Å². The number of amides is 3. The molecule has 6 aromatic heterocycles. The van der Waals surface area contributed by atoms with E-state index in [0.717, 1.165) is 81.1 Å². The van der Waals surface area contributed by atoms with Gasteiger partial charge in [0.05, 0.1) is 0 Å². The molecule has 3 amide bonds. The van der Waals surface area contributed by atoms with Crippen LogP contribution in [0.4, 0.5) is 0 Å². The monoisotopic (exact) mass is 1500 g/mol. The number of carbonyl (C=O) groups excluding carboxylic acids is 4. The van der Waals surface area contributed by atoms with Crippen molar-refractivity contribution in [2.75, 3.05) is 6.54 Å². The number of nitrogens with zero attached hydrogens (tertiary/aromatic N) is 6. The summed E-state index contributed by atoms with van der Waals surface area (Å²) in [4.78, 5) is 45.9. The number of ketones is 1. The molecule has 0 spiro atoms. The summed E-state index contributed by atoms with van der Waals surface area (Å²) in [7, 11) is 0. The highest BCUT2D eigenvalue weighted by Crippen LogP contribution is 2.58. The Balaban J connectivity index is 0.000000216. The van der Waals surface area contributed by atoms with Crippen LogP contribution in [0.25, 0.3) is 34.1 Å². The van der Waals surface area contributed by atoms with Crippen LogP contribution in [0.3, 0.4) is 0 Å². The molecular formula is C98H120N10O4+6. The third-order valence-electron chi connectivity index (χ3n) is 21.2. The summed E-state index contributed by atoms with van der Waals surface area (Å²) in [6, 6.07) is 74.9. The van der Waals surface area contributed by atoms with E-state index in [4.69, 9.17) is 5.41 Å². The molecule has 4 aliphatic rings. The van der Waals surface area contributed by atoms with E-state index < -0.39 is 0 Å². The van der Waals surface area contributed by atoms with Gasteiger partial charge >= 0.3 is 0 Å². The highest BCUT2D eigenvalue weighted by Gasteiger charge is 2.50. The molecule has 7 heterocycles. The molecule has 3 aliphatic carbocycles. The van der Waals surface area contributed by atoms with Gasteiger partial charge in [0.15, 0.2) is 80.1 Å². The maximum atomic E-state index is 12.6. The molecule has 5 aromatic carbocycles. The first-order chi connectivity index (χ1) is 53.4. The van der Waals surface area contributed by atoms with Gasteiger partial charge < -0.3 is 21.4 Å². The minimum absolute atomic E-state index is 0. The van der Waals surface area contributed by atoms with E-state index in [2.05, 4.69) is 164 Å². The van der Waals surface area contributed by atoms with Gasteiger partial charge in [-0.2, -0.15) is 27.4 Å². The minimum atomic E-state index is -0.00786. The lowest BCUT2D eigenvalue weighted by atomic mass is 9.60. The SMILES string of the molecule is C.C.C=C.CC(=O)NCc1ccc(-[n+]2ccccc2)cc1.CC(C)C1CCC(C(C)CCC(=O)NCc2ccc(-[n+]3ccccc3)cc2)C1(C)C(C)C.Cc1ccc(-[n+]2ccccc2)cc1.N=Cc1ccc(-[n+]2ccccc2)cc1.O=C1CC2C=C([n+]3ccccc3)C=CC2CN1.O=C1Cc2cc(-[n+]3ccccc3)ccc21.[HH]. The molecular weight excluding hydrogens is 1380 g/mol. The second-order valence-electron chi connectivity index (χ2n) is 29.1. The molecule has 6 unspecified atom stereocenters. The summed E-state index contributed by atoms with van der Waals surface area (Å²) in [5.74, 6) is 4.88. The fourth-order valence-corrected chi connectivity index (χ4v) is 14.8. The van der Waals surface area contributed by atoms with Gasteiger partial charge in [-0.1, -0.05) is 141 Å². The van der Waals surface area contributed by atoms with Crippen LogP contribution < -0.4 is 43.4 Å². The molecule has 14 heteroatoms. The number of hydrogen-bond donors (Lipinski definition) is 4. The van der Waals surface area contributed by atoms with Crippen molar-refractivity contribution in [1.82, 2.24) is 16.0 Å². The lowest BCUT2D eigenvalue weighted by Gasteiger charge is -2.45. The largest absolute Gasteiger partial charge is 0.355 e. The van der Waals surface area contributed by atoms with E-state index in [1.807, 2.05) is 258 Å². The molecule has 1 saturated heterocycles. The molecule has 0 radical (unpaired) electrons. The maximum Gasteiger partial charge on any atom is 0.220 e. The summed E-state index contributed by atoms with van der Waals surface area (Å²) in [6.07, 6.45) is 37.6. The van der Waals surface area contributed by atoms with Crippen LogP contribution in [0.2, 0.25) is 0 Å². The molecule has 4 N–H and O–H groups in total. The first-order valence-corrected chi connectivity index (χ1v) is 38.4. The minimum Gasteiger partial charge on any atom is -0.355 e. The number of allylic oxidation sites excluding steroid dienone is 3. The second kappa shape index (κ2) is 44.6. The fourth-order valence-electron chi connectivity index (χ4n) is 14.8. The quantitative estimate of drug-likeness (QED) is 0.0408. The van der Waals surface area contributed by atoms with E-state index in [1.165, 1.54) is 37.2 Å². The zero-order chi connectivity index (χ0) is 78.2. The standard InChI is InChI=1S/C29H42N2O.2C14H14N2O.C13H10NO.C12H11N2.C12H12N.C2H4.2CH4.H2/c1-21(2)26-15-16-27(29(26,6)22(3)4)23(5)10-17-28(32)30-20-24-11-13-25(14-12-24)31-18-8-7-9-19-31;17-14-9-12-8-13(5-4-11(12)10-15-14)16-6-2-1-3-7-16;1-12(17)15-11-13-5-7-14(8-6-13)16-9-3-2-4-10-16;15-13-9-10-8-11(4-5-12(10)13)14-6-2-1-3-7-14;13-10-11-4-6-12(7-5-11)14-8-2-1-3-9-14;1-11-5-7-12(8-6-11)13-9-3-2-4-10-13;1-2;;;/h7-9,11-14,18-19,21-23,26-27H,10,15-17,20H2,1-6H3;1-8,11-12H,9-10H2;2-10H,11H2,1H3;1-8H,9H2;1-10,13H;2-10H,1H3;1-2H2;2*1H4;1H/q;;;3*+1;;;;/p+3. The normalized spacial score (nSPS) is 16.7. The van der Waals surface area contributed by atoms with Crippen LogP contribution in [-0.4, -0.2) is 36.3 Å². The smallest absolute Gasteiger partial charge is 0.220 e. The van der Waals surface area contributed by atoms with Gasteiger partial charge in [0.2, 0.25) is 51.9 Å². The fraction of sp³-hybridized carbons (Fsp3) is 0.276. The number of piperidine rings is 1. The molecule has 15 rings (SSSR count). The van der Waals surface area contributed by atoms with Crippen LogP contribution in [0.15, 0.2) is 330 Å². The van der Waals surface area contributed by atoms with Crippen molar-refractivity contribution in [2.24, 2.45) is 46.8 Å². The van der Waals surface area contributed by atoms with Crippen molar-refractivity contribution in [1.29, 1.82) is 5.41 Å². The zero-order valence-corrected chi connectivity index (χ0v) is 65.2. The van der Waals surface area contributed by atoms with Gasteiger partial charge in [0, 0.05) is 210 Å². The summed E-state index contributed by atoms with van der Waals surface area (Å²) >= 11 is 0. The Morgan fingerprint density at radius 2 is 0.946 bits per heavy atom. The highest BCUT2D eigenvalue weighted by molar-refractivity contribution is 6.06. The predicted octanol–water partition coefficient (Wildman–Crippen LogP) is 17.3. The first-order valence-electron chi connectivity index (χ1n) is 38.4. The number of benzene rings is 5. The Labute approximate surface area is 668 Å². The van der Waals surface area contributed by atoms with Gasteiger partial charge in [0.25, 0.3) is 0 Å². The topological polar surface area (TPSA) is 151 Å². The van der Waals surface area contributed by atoms with Crippen LogP contribution >= 0.6 is 0 Å².